The Hall–Kier alpha value is 0.749. The van der Waals surface area contributed by atoms with Crippen LogP contribution in [0.1, 0.15) is 118 Å². The van der Waals surface area contributed by atoms with Crippen molar-refractivity contribution in [3.63, 3.8) is 0 Å². The normalized spacial score (nSPS) is 14.0. The molecule has 2 atom stereocenters. The third kappa shape index (κ3) is 44.8. The van der Waals surface area contributed by atoms with Gasteiger partial charge in [0, 0.05) is 33.3 Å². The van der Waals surface area contributed by atoms with Crippen LogP contribution in [0.15, 0.2) is 0 Å². The molecule has 1 saturated heterocycles. The first-order valence-corrected chi connectivity index (χ1v) is 25.2. The number of hydrogen-bond donors (Lipinski definition) is 3. The third-order valence-electron chi connectivity index (χ3n) is 5.08. The van der Waals surface area contributed by atoms with E-state index in [-0.39, 0.29) is 111 Å². The van der Waals surface area contributed by atoms with Crippen molar-refractivity contribution in [2.45, 2.75) is 170 Å². The lowest BCUT2D eigenvalue weighted by atomic mass is 10.5. The molecule has 0 aromatic carbocycles. The molecule has 0 amide bonds. The Labute approximate surface area is 324 Å². The maximum atomic E-state index is 11.6. The van der Waals surface area contributed by atoms with Gasteiger partial charge < -0.3 is 41.5 Å². The fourth-order valence-corrected chi connectivity index (χ4v) is 23.6. The smallest absolute Gasteiger partial charge is 0.424 e. The van der Waals surface area contributed by atoms with Crippen molar-refractivity contribution >= 4 is 50.1 Å². The molecular formula is C33H108BN3O7Si5. The Balaban J connectivity index is -0.0000000593. The second kappa shape index (κ2) is 43.2. The van der Waals surface area contributed by atoms with Crippen LogP contribution in [0, 0.1) is 0 Å². The fourth-order valence-electron chi connectivity index (χ4n) is 3.91. The first-order chi connectivity index (χ1) is 15.5. The van der Waals surface area contributed by atoms with Crippen LogP contribution in [0.4, 0.5) is 0 Å². The standard InChI is InChI=1S/C18H48BN3O7Si5.15CH4/c1-24-31(4,5)27-33(8,17-9-11-21-12-10-20)28-32(6,7)29-34(23,26-30(2,3)19)18-22-13-15-25-16-14-22;;;;;;;;;;;;;;;/h21,23H,9-18,20H2,1-8H3;15*1H4. The fraction of sp³-hybridized carbons (Fsp3) is 1.00. The summed E-state index contributed by atoms with van der Waals surface area (Å²) in [7, 11) is -6.24. The Morgan fingerprint density at radius 3 is 1.45 bits per heavy atom. The van der Waals surface area contributed by atoms with Crippen molar-refractivity contribution in [3.05, 3.63) is 0 Å². The summed E-state index contributed by atoms with van der Waals surface area (Å²) in [5.41, 5.74) is 5.58. The summed E-state index contributed by atoms with van der Waals surface area (Å²) >= 11 is 0. The summed E-state index contributed by atoms with van der Waals surface area (Å²) in [4.78, 5) is 13.8. The molecule has 1 rings (SSSR count). The molecule has 2 unspecified atom stereocenters. The van der Waals surface area contributed by atoms with Gasteiger partial charge in [0.25, 0.3) is 0 Å². The van der Waals surface area contributed by atoms with E-state index in [4.69, 9.17) is 38.8 Å². The van der Waals surface area contributed by atoms with E-state index < -0.39 is 42.7 Å². The minimum atomic E-state index is -3.66. The van der Waals surface area contributed by atoms with Crippen LogP contribution < -0.4 is 11.1 Å². The highest BCUT2D eigenvalue weighted by Crippen LogP contribution is 2.28. The van der Waals surface area contributed by atoms with Gasteiger partial charge in [0.2, 0.25) is 0 Å². The second-order valence-electron chi connectivity index (χ2n) is 10.4. The average molecular weight is 810 g/mol. The first kappa shape index (κ1) is 97.9. The molecule has 320 valence electrons. The highest BCUT2D eigenvalue weighted by molar-refractivity contribution is 7.14. The lowest BCUT2D eigenvalue weighted by Crippen LogP contribution is -2.66. The molecule has 4 N–H and O–H groups in total. The summed E-state index contributed by atoms with van der Waals surface area (Å²) in [6.07, 6.45) is 1.19. The Morgan fingerprint density at radius 2 is 1.08 bits per heavy atom. The molecule has 16 heteroatoms. The molecule has 1 aliphatic rings. The van der Waals surface area contributed by atoms with Crippen LogP contribution in [-0.4, -0.2) is 119 Å². The molecule has 0 saturated carbocycles. The van der Waals surface area contributed by atoms with Crippen molar-refractivity contribution in [1.82, 2.24) is 10.2 Å². The summed E-state index contributed by atoms with van der Waals surface area (Å²) in [5, 5.41) is 3.32. The Bertz CT molecular complexity index is 614. The molecule has 0 spiro atoms. The van der Waals surface area contributed by atoms with Gasteiger partial charge in [0.1, 0.15) is 8.19 Å². The molecule has 0 aromatic rings. The SMILES string of the molecule is C.C.C.C.C.C.C.C.C.C.C.C.C.C.C.[B][Si](C)(C)O[Si](O)(CN1CCOCC1)O[Si](C)(C)O[Si](C)(CCCNCCN)O[Si](C)(C)OC. The molecule has 0 aliphatic carbocycles. The van der Waals surface area contributed by atoms with Crippen molar-refractivity contribution in [2.24, 2.45) is 5.73 Å². The molecule has 1 fully saturated rings. The Morgan fingerprint density at radius 1 is 0.673 bits per heavy atom. The van der Waals surface area contributed by atoms with E-state index in [1.807, 2.05) is 39.3 Å². The highest BCUT2D eigenvalue weighted by atomic mass is 28.5. The van der Waals surface area contributed by atoms with E-state index in [0.29, 0.717) is 25.9 Å². The van der Waals surface area contributed by atoms with Gasteiger partial charge in [0.05, 0.1) is 26.8 Å². The van der Waals surface area contributed by atoms with E-state index in [0.717, 1.165) is 38.6 Å². The zero-order chi connectivity index (χ0) is 26.1. The Kier molecular flexibility index (Phi) is 86.2. The largest absolute Gasteiger partial charge is 0.493 e. The lowest BCUT2D eigenvalue weighted by molar-refractivity contribution is 0.0375. The average Bonchev–Trinajstić information content (AvgIpc) is 2.65. The minimum Gasteiger partial charge on any atom is -0.424 e. The van der Waals surface area contributed by atoms with Crippen molar-refractivity contribution in [2.75, 3.05) is 59.2 Å². The van der Waals surface area contributed by atoms with E-state index in [1.54, 1.807) is 7.11 Å². The third-order valence-corrected chi connectivity index (χ3v) is 22.2. The number of nitrogens with zero attached hydrogens (tertiary/aromatic N) is 1. The monoisotopic (exact) mass is 810 g/mol. The number of ether oxygens (including phenoxy) is 1. The van der Waals surface area contributed by atoms with E-state index in [1.165, 1.54) is 0 Å². The van der Waals surface area contributed by atoms with E-state index >= 15 is 0 Å². The van der Waals surface area contributed by atoms with Gasteiger partial charge in [0.15, 0.2) is 0 Å². The van der Waals surface area contributed by atoms with Crippen molar-refractivity contribution in [3.8, 4) is 0 Å². The van der Waals surface area contributed by atoms with Gasteiger partial charge in [-0.1, -0.05) is 124 Å². The number of nitrogens with one attached hydrogen (secondary N) is 1. The van der Waals surface area contributed by atoms with E-state index in [2.05, 4.69) is 16.8 Å². The van der Waals surface area contributed by atoms with Gasteiger partial charge >= 0.3 is 34.5 Å². The van der Waals surface area contributed by atoms with Crippen LogP contribution in [0.5, 0.6) is 0 Å². The predicted molar refractivity (Wildman–Crippen MR) is 249 cm³/mol. The van der Waals surface area contributed by atoms with Gasteiger partial charge in [-0.15, -0.1) is 0 Å². The van der Waals surface area contributed by atoms with Gasteiger partial charge in [-0.25, -0.2) is 0 Å². The van der Waals surface area contributed by atoms with E-state index in [9.17, 15) is 4.80 Å². The molecule has 49 heavy (non-hydrogen) atoms. The number of nitrogens with two attached hydrogens (primary N) is 1. The van der Waals surface area contributed by atoms with Crippen LogP contribution in [0.3, 0.4) is 0 Å². The summed E-state index contributed by atoms with van der Waals surface area (Å²) in [6.45, 7) is 18.6. The van der Waals surface area contributed by atoms with Gasteiger partial charge in [-0.2, -0.15) is 0 Å². The minimum absolute atomic E-state index is 0. The molecule has 0 bridgehead atoms. The quantitative estimate of drug-likeness (QED) is 0.0968. The molecule has 10 nitrogen and oxygen atoms in total. The summed E-state index contributed by atoms with van der Waals surface area (Å²) in [5.74, 6) is 0. The summed E-state index contributed by atoms with van der Waals surface area (Å²) < 4.78 is 37.0. The predicted octanol–water partition coefficient (Wildman–Crippen LogP) is 10.3. The van der Waals surface area contributed by atoms with Gasteiger partial charge in [-0.3, -0.25) is 4.90 Å². The number of rotatable bonds is 17. The molecule has 2 radical (unpaired) electrons. The maximum Gasteiger partial charge on any atom is 0.493 e. The first-order valence-electron chi connectivity index (χ1n) is 12.1. The number of hydrogen-bond acceptors (Lipinski definition) is 10. The zero-order valence-electron chi connectivity index (χ0n) is 22.6. The van der Waals surface area contributed by atoms with Crippen molar-refractivity contribution < 1.29 is 30.4 Å². The van der Waals surface area contributed by atoms with Crippen LogP contribution in [-0.2, 0) is 25.6 Å². The van der Waals surface area contributed by atoms with Crippen LogP contribution in [0.2, 0.25) is 51.9 Å². The summed E-state index contributed by atoms with van der Waals surface area (Å²) in [6, 6.07) is 0.769. The lowest BCUT2D eigenvalue weighted by Gasteiger charge is -2.43. The van der Waals surface area contributed by atoms with Crippen LogP contribution >= 0.6 is 0 Å². The molecular weight excluding hydrogens is 702 g/mol. The zero-order valence-corrected chi connectivity index (χ0v) is 27.6. The van der Waals surface area contributed by atoms with Crippen LogP contribution in [0.25, 0.3) is 0 Å². The maximum absolute atomic E-state index is 11.6. The highest BCUT2D eigenvalue weighted by Gasteiger charge is 2.51. The number of morpholine rings is 1. The molecule has 1 heterocycles. The van der Waals surface area contributed by atoms with Crippen molar-refractivity contribution in [1.29, 1.82) is 0 Å². The topological polar surface area (TPSA) is 117 Å². The second-order valence-corrected chi connectivity index (χ2v) is 27.4. The molecule has 1 aliphatic heterocycles. The van der Waals surface area contributed by atoms with Gasteiger partial charge in [-0.05, 0) is 51.7 Å². The molecule has 0 aromatic heterocycles.